The molecule has 0 spiro atoms. The van der Waals surface area contributed by atoms with Gasteiger partial charge in [-0.1, -0.05) is 18.5 Å². The van der Waals surface area contributed by atoms with Crippen LogP contribution in [0, 0.1) is 11.7 Å². The summed E-state index contributed by atoms with van der Waals surface area (Å²) in [6, 6.07) is 4.64. The number of anilines is 1. The van der Waals surface area contributed by atoms with Gasteiger partial charge in [0.1, 0.15) is 5.82 Å². The van der Waals surface area contributed by atoms with Crippen LogP contribution in [0.3, 0.4) is 0 Å². The van der Waals surface area contributed by atoms with Gasteiger partial charge in [0.2, 0.25) is 0 Å². The summed E-state index contributed by atoms with van der Waals surface area (Å²) in [5, 5.41) is 9.23. The van der Waals surface area contributed by atoms with Gasteiger partial charge in [-0.2, -0.15) is 0 Å². The quantitative estimate of drug-likeness (QED) is 0.862. The predicted molar refractivity (Wildman–Crippen MR) is 65.5 cm³/mol. The molecular formula is C12H17ClFNO. The van der Waals surface area contributed by atoms with Crippen molar-refractivity contribution >= 4 is 17.3 Å². The fraction of sp³-hybridized carbons (Fsp3) is 0.500. The summed E-state index contributed by atoms with van der Waals surface area (Å²) in [7, 11) is 1.90. The number of benzene rings is 1. The highest BCUT2D eigenvalue weighted by atomic mass is 35.5. The van der Waals surface area contributed by atoms with Crippen LogP contribution in [0.15, 0.2) is 18.2 Å². The van der Waals surface area contributed by atoms with E-state index in [1.54, 1.807) is 12.1 Å². The largest absolute Gasteiger partial charge is 0.396 e. The Morgan fingerprint density at radius 1 is 1.50 bits per heavy atom. The Hall–Kier alpha value is -0.800. The van der Waals surface area contributed by atoms with E-state index in [9.17, 15) is 4.39 Å². The molecule has 0 amide bonds. The second-order valence-corrected chi connectivity index (χ2v) is 4.34. The monoisotopic (exact) mass is 245 g/mol. The van der Waals surface area contributed by atoms with Crippen molar-refractivity contribution in [2.75, 3.05) is 25.1 Å². The van der Waals surface area contributed by atoms with Crippen molar-refractivity contribution < 1.29 is 9.50 Å². The van der Waals surface area contributed by atoms with Crippen LogP contribution < -0.4 is 4.90 Å². The third-order valence-corrected chi connectivity index (χ3v) is 3.00. The maximum Gasteiger partial charge on any atom is 0.141 e. The van der Waals surface area contributed by atoms with E-state index in [0.717, 1.165) is 18.7 Å². The number of halogens is 2. The van der Waals surface area contributed by atoms with Gasteiger partial charge in [-0.25, -0.2) is 4.39 Å². The lowest BCUT2D eigenvalue weighted by Crippen LogP contribution is -2.27. The number of aliphatic hydroxyl groups is 1. The van der Waals surface area contributed by atoms with E-state index in [0.29, 0.717) is 0 Å². The predicted octanol–water partition coefficient (Wildman–Crippen LogP) is 2.93. The second kappa shape index (κ2) is 6.06. The molecule has 0 fully saturated rings. The maximum atomic E-state index is 13.0. The highest BCUT2D eigenvalue weighted by molar-refractivity contribution is 6.31. The van der Waals surface area contributed by atoms with Crippen LogP contribution in [0.4, 0.5) is 10.1 Å². The lowest BCUT2D eigenvalue weighted by Gasteiger charge is -2.24. The van der Waals surface area contributed by atoms with E-state index in [2.05, 4.69) is 0 Å². The summed E-state index contributed by atoms with van der Waals surface area (Å²) in [4.78, 5) is 1.97. The van der Waals surface area contributed by atoms with Crippen molar-refractivity contribution in [3.8, 4) is 0 Å². The van der Waals surface area contributed by atoms with Crippen LogP contribution in [-0.4, -0.2) is 25.3 Å². The SMILES string of the molecule is CCC(CO)CN(C)c1ccc(F)c(Cl)c1. The highest BCUT2D eigenvalue weighted by Crippen LogP contribution is 2.22. The standard InChI is InChI=1S/C12H17ClFNO/c1-3-9(8-16)7-15(2)10-4-5-12(14)11(13)6-10/h4-6,9,16H,3,7-8H2,1-2H3. The molecule has 0 aliphatic heterocycles. The first-order valence-electron chi connectivity index (χ1n) is 5.35. The molecule has 90 valence electrons. The minimum atomic E-state index is -0.409. The Balaban J connectivity index is 2.72. The van der Waals surface area contributed by atoms with Gasteiger partial charge in [-0.05, 0) is 30.5 Å². The minimum Gasteiger partial charge on any atom is -0.396 e. The second-order valence-electron chi connectivity index (χ2n) is 3.94. The highest BCUT2D eigenvalue weighted by Gasteiger charge is 2.10. The molecule has 1 aromatic carbocycles. The first-order chi connectivity index (χ1) is 7.58. The molecule has 4 heteroatoms. The molecule has 2 nitrogen and oxygen atoms in total. The van der Waals surface area contributed by atoms with Crippen LogP contribution in [0.5, 0.6) is 0 Å². The van der Waals surface area contributed by atoms with Crippen LogP contribution >= 0.6 is 11.6 Å². The van der Waals surface area contributed by atoms with Gasteiger partial charge in [0.25, 0.3) is 0 Å². The smallest absolute Gasteiger partial charge is 0.141 e. The topological polar surface area (TPSA) is 23.5 Å². The van der Waals surface area contributed by atoms with Crippen LogP contribution in [0.1, 0.15) is 13.3 Å². The van der Waals surface area contributed by atoms with E-state index in [1.807, 2.05) is 18.9 Å². The molecule has 0 saturated carbocycles. The summed E-state index contributed by atoms with van der Waals surface area (Å²) in [6.07, 6.45) is 0.912. The van der Waals surface area contributed by atoms with Gasteiger partial charge in [0, 0.05) is 25.9 Å². The van der Waals surface area contributed by atoms with Gasteiger partial charge in [-0.3, -0.25) is 0 Å². The van der Waals surface area contributed by atoms with E-state index in [-0.39, 0.29) is 17.5 Å². The van der Waals surface area contributed by atoms with Crippen LogP contribution in [-0.2, 0) is 0 Å². The Bertz CT molecular complexity index is 342. The summed E-state index contributed by atoms with van der Waals surface area (Å²) in [6.45, 7) is 2.93. The van der Waals surface area contributed by atoms with Crippen molar-refractivity contribution in [3.05, 3.63) is 29.0 Å². The zero-order chi connectivity index (χ0) is 12.1. The molecule has 1 atom stereocenters. The summed E-state index contributed by atoms with van der Waals surface area (Å²) in [5.74, 6) is -0.179. The molecule has 0 radical (unpaired) electrons. The number of rotatable bonds is 5. The zero-order valence-corrected chi connectivity index (χ0v) is 10.3. The minimum absolute atomic E-state index is 0.126. The molecular weight excluding hydrogens is 229 g/mol. The van der Waals surface area contributed by atoms with Crippen molar-refractivity contribution in [3.63, 3.8) is 0 Å². The fourth-order valence-electron chi connectivity index (χ4n) is 1.53. The zero-order valence-electron chi connectivity index (χ0n) is 9.58. The molecule has 1 aromatic rings. The third kappa shape index (κ3) is 3.35. The van der Waals surface area contributed by atoms with Crippen molar-refractivity contribution in [1.82, 2.24) is 0 Å². The van der Waals surface area contributed by atoms with Crippen molar-refractivity contribution in [1.29, 1.82) is 0 Å². The molecule has 0 bridgehead atoms. The number of aliphatic hydroxyl groups excluding tert-OH is 1. The molecule has 1 N–H and O–H groups in total. The third-order valence-electron chi connectivity index (χ3n) is 2.71. The maximum absolute atomic E-state index is 13.0. The van der Waals surface area contributed by atoms with Crippen LogP contribution in [0.25, 0.3) is 0 Å². The average molecular weight is 246 g/mol. The molecule has 1 unspecified atom stereocenters. The van der Waals surface area contributed by atoms with E-state index < -0.39 is 5.82 Å². The molecule has 0 saturated heterocycles. The molecule has 16 heavy (non-hydrogen) atoms. The first-order valence-corrected chi connectivity index (χ1v) is 5.73. The number of nitrogens with zero attached hydrogens (tertiary/aromatic N) is 1. The summed E-state index contributed by atoms with van der Waals surface area (Å²) < 4.78 is 13.0. The molecule has 1 rings (SSSR count). The van der Waals surface area contributed by atoms with Gasteiger partial charge in [-0.15, -0.1) is 0 Å². The fourth-order valence-corrected chi connectivity index (χ4v) is 1.71. The van der Waals surface area contributed by atoms with E-state index >= 15 is 0 Å². The van der Waals surface area contributed by atoms with Gasteiger partial charge >= 0.3 is 0 Å². The lowest BCUT2D eigenvalue weighted by atomic mass is 10.1. The molecule has 0 heterocycles. The Morgan fingerprint density at radius 2 is 2.19 bits per heavy atom. The average Bonchev–Trinajstić information content (AvgIpc) is 2.29. The molecule has 0 aliphatic carbocycles. The number of hydrogen-bond donors (Lipinski definition) is 1. The molecule has 0 aromatic heterocycles. The van der Waals surface area contributed by atoms with Gasteiger partial charge < -0.3 is 10.0 Å². The Morgan fingerprint density at radius 3 is 2.69 bits per heavy atom. The van der Waals surface area contributed by atoms with Crippen molar-refractivity contribution in [2.24, 2.45) is 5.92 Å². The first kappa shape index (κ1) is 13.3. The summed E-state index contributed by atoms with van der Waals surface area (Å²) >= 11 is 5.71. The van der Waals surface area contributed by atoms with E-state index in [4.69, 9.17) is 16.7 Å². The summed E-state index contributed by atoms with van der Waals surface area (Å²) in [5.41, 5.74) is 0.860. The lowest BCUT2D eigenvalue weighted by molar-refractivity contribution is 0.225. The van der Waals surface area contributed by atoms with Gasteiger partial charge in [0.15, 0.2) is 0 Å². The van der Waals surface area contributed by atoms with Gasteiger partial charge in [0.05, 0.1) is 5.02 Å². The normalized spacial score (nSPS) is 12.6. The van der Waals surface area contributed by atoms with E-state index in [1.165, 1.54) is 6.07 Å². The Kier molecular flexibility index (Phi) is 5.03. The van der Waals surface area contributed by atoms with Crippen molar-refractivity contribution in [2.45, 2.75) is 13.3 Å². The van der Waals surface area contributed by atoms with Crippen LogP contribution in [0.2, 0.25) is 5.02 Å². The Labute approximate surface area is 101 Å². The number of hydrogen-bond acceptors (Lipinski definition) is 2. The molecule has 0 aliphatic rings.